The molecular formula is C14H23NO3. The van der Waals surface area contributed by atoms with Crippen molar-refractivity contribution in [1.82, 2.24) is 5.32 Å². The first-order valence-electron chi connectivity index (χ1n) is 6.85. The third-order valence-electron chi connectivity index (χ3n) is 3.84. The normalized spacial score (nSPS) is 31.9. The van der Waals surface area contributed by atoms with Crippen molar-refractivity contribution in [2.24, 2.45) is 11.8 Å². The summed E-state index contributed by atoms with van der Waals surface area (Å²) >= 11 is 0. The second-order valence-corrected chi connectivity index (χ2v) is 6.62. The molecule has 0 saturated heterocycles. The van der Waals surface area contributed by atoms with Crippen LogP contribution in [0.3, 0.4) is 0 Å². The van der Waals surface area contributed by atoms with E-state index >= 15 is 0 Å². The minimum absolute atomic E-state index is 0.173. The number of ether oxygens (including phenoxy) is 1. The summed E-state index contributed by atoms with van der Waals surface area (Å²) in [7, 11) is 0. The van der Waals surface area contributed by atoms with Gasteiger partial charge in [-0.3, -0.25) is 4.79 Å². The van der Waals surface area contributed by atoms with E-state index in [1.165, 1.54) is 0 Å². The summed E-state index contributed by atoms with van der Waals surface area (Å²) in [4.78, 5) is 23.1. The molecule has 0 aromatic rings. The largest absolute Gasteiger partial charge is 0.444 e. The van der Waals surface area contributed by atoms with Gasteiger partial charge in [0, 0.05) is 18.9 Å². The van der Waals surface area contributed by atoms with Crippen molar-refractivity contribution in [2.75, 3.05) is 0 Å². The molecule has 0 aromatic heterocycles. The Kier molecular flexibility index (Phi) is 3.64. The number of fused-ring (bicyclic) bond motifs is 1. The van der Waals surface area contributed by atoms with Crippen LogP contribution in [0.15, 0.2) is 0 Å². The molecular weight excluding hydrogens is 230 g/mol. The van der Waals surface area contributed by atoms with E-state index in [2.05, 4.69) is 5.32 Å². The molecule has 1 N–H and O–H groups in total. The van der Waals surface area contributed by atoms with Crippen molar-refractivity contribution in [3.8, 4) is 0 Å². The Morgan fingerprint density at radius 3 is 2.56 bits per heavy atom. The third-order valence-corrected chi connectivity index (χ3v) is 3.84. The summed E-state index contributed by atoms with van der Waals surface area (Å²) in [6.07, 6.45) is 4.07. The summed E-state index contributed by atoms with van der Waals surface area (Å²) in [6, 6.07) is 0.173. The number of ketones is 1. The molecule has 2 fully saturated rings. The highest BCUT2D eigenvalue weighted by Gasteiger charge is 2.38. The number of carbonyl (C=O) groups is 2. The number of nitrogens with one attached hydrogen (secondary N) is 1. The quantitative estimate of drug-likeness (QED) is 0.781. The number of amides is 1. The lowest BCUT2D eigenvalue weighted by molar-refractivity contribution is -0.117. The Hall–Kier alpha value is -1.06. The first kappa shape index (κ1) is 13.4. The van der Waals surface area contributed by atoms with Gasteiger partial charge in [0.05, 0.1) is 0 Å². The SMILES string of the molecule is CC(C)(C)OC(=O)NC1CCC2CC(=O)C[C@@H]2C1. The van der Waals surface area contributed by atoms with E-state index < -0.39 is 5.60 Å². The molecule has 0 bridgehead atoms. The number of alkyl carbamates (subject to hydrolysis) is 1. The topological polar surface area (TPSA) is 55.4 Å². The van der Waals surface area contributed by atoms with E-state index in [4.69, 9.17) is 4.74 Å². The van der Waals surface area contributed by atoms with Crippen LogP contribution in [-0.4, -0.2) is 23.5 Å². The Morgan fingerprint density at radius 2 is 1.89 bits per heavy atom. The molecule has 2 aliphatic carbocycles. The Labute approximate surface area is 108 Å². The maximum atomic E-state index is 11.7. The zero-order chi connectivity index (χ0) is 13.3. The van der Waals surface area contributed by atoms with Crippen LogP contribution in [-0.2, 0) is 9.53 Å². The molecule has 0 aromatic carbocycles. The number of hydrogen-bond donors (Lipinski definition) is 1. The van der Waals surface area contributed by atoms with Gasteiger partial charge >= 0.3 is 6.09 Å². The van der Waals surface area contributed by atoms with Crippen molar-refractivity contribution in [3.63, 3.8) is 0 Å². The fourth-order valence-electron chi connectivity index (χ4n) is 3.12. The lowest BCUT2D eigenvalue weighted by Crippen LogP contribution is -2.42. The van der Waals surface area contributed by atoms with E-state index in [1.807, 2.05) is 20.8 Å². The van der Waals surface area contributed by atoms with E-state index in [9.17, 15) is 9.59 Å². The van der Waals surface area contributed by atoms with Gasteiger partial charge in [0.1, 0.15) is 11.4 Å². The minimum atomic E-state index is -0.454. The zero-order valence-electron chi connectivity index (χ0n) is 11.5. The second-order valence-electron chi connectivity index (χ2n) is 6.62. The van der Waals surface area contributed by atoms with Crippen LogP contribution < -0.4 is 5.32 Å². The predicted octanol–water partition coefficient (Wildman–Crippen LogP) is 2.66. The van der Waals surface area contributed by atoms with E-state index in [0.717, 1.165) is 25.7 Å². The lowest BCUT2D eigenvalue weighted by Gasteiger charge is -2.32. The highest BCUT2D eigenvalue weighted by Crippen LogP contribution is 2.40. The van der Waals surface area contributed by atoms with Crippen molar-refractivity contribution in [2.45, 2.75) is 64.5 Å². The fourth-order valence-corrected chi connectivity index (χ4v) is 3.12. The van der Waals surface area contributed by atoms with Crippen LogP contribution in [0.2, 0.25) is 0 Å². The zero-order valence-corrected chi connectivity index (χ0v) is 11.5. The van der Waals surface area contributed by atoms with Crippen LogP contribution in [0.5, 0.6) is 0 Å². The molecule has 4 nitrogen and oxygen atoms in total. The smallest absolute Gasteiger partial charge is 0.407 e. The van der Waals surface area contributed by atoms with E-state index in [1.54, 1.807) is 0 Å². The van der Waals surface area contributed by atoms with Gasteiger partial charge in [-0.2, -0.15) is 0 Å². The van der Waals surface area contributed by atoms with Crippen molar-refractivity contribution >= 4 is 11.9 Å². The van der Waals surface area contributed by atoms with Crippen LogP contribution >= 0.6 is 0 Å². The maximum absolute atomic E-state index is 11.7. The van der Waals surface area contributed by atoms with Crippen molar-refractivity contribution in [3.05, 3.63) is 0 Å². The molecule has 2 saturated carbocycles. The molecule has 2 unspecified atom stereocenters. The summed E-state index contributed by atoms with van der Waals surface area (Å²) in [6.45, 7) is 5.58. The molecule has 102 valence electrons. The van der Waals surface area contributed by atoms with Crippen molar-refractivity contribution < 1.29 is 14.3 Å². The highest BCUT2D eigenvalue weighted by atomic mass is 16.6. The van der Waals surface area contributed by atoms with Gasteiger partial charge in [-0.1, -0.05) is 0 Å². The van der Waals surface area contributed by atoms with Crippen LogP contribution in [0.1, 0.15) is 52.9 Å². The second kappa shape index (κ2) is 4.90. The monoisotopic (exact) mass is 253 g/mol. The van der Waals surface area contributed by atoms with E-state index in [-0.39, 0.29) is 12.1 Å². The first-order chi connectivity index (χ1) is 8.33. The number of carbonyl (C=O) groups excluding carboxylic acids is 2. The predicted molar refractivity (Wildman–Crippen MR) is 68.2 cm³/mol. The molecule has 0 radical (unpaired) electrons. The van der Waals surface area contributed by atoms with Crippen molar-refractivity contribution in [1.29, 1.82) is 0 Å². The van der Waals surface area contributed by atoms with Gasteiger partial charge in [-0.25, -0.2) is 4.79 Å². The summed E-state index contributed by atoms with van der Waals surface area (Å²) < 4.78 is 5.26. The van der Waals surface area contributed by atoms with Gasteiger partial charge in [-0.05, 0) is 51.9 Å². The number of Topliss-reactive ketones (excluding diaryl/α,β-unsaturated/α-hetero) is 1. The lowest BCUT2D eigenvalue weighted by atomic mass is 9.79. The summed E-state index contributed by atoms with van der Waals surface area (Å²) in [5, 5.41) is 2.93. The molecule has 4 heteroatoms. The van der Waals surface area contributed by atoms with Gasteiger partial charge in [0.2, 0.25) is 0 Å². The molecule has 3 atom stereocenters. The molecule has 18 heavy (non-hydrogen) atoms. The maximum Gasteiger partial charge on any atom is 0.407 e. The Balaban J connectivity index is 1.81. The number of rotatable bonds is 1. The van der Waals surface area contributed by atoms with Gasteiger partial charge < -0.3 is 10.1 Å². The van der Waals surface area contributed by atoms with Crippen LogP contribution in [0.4, 0.5) is 4.79 Å². The molecule has 1 amide bonds. The van der Waals surface area contributed by atoms with E-state index in [0.29, 0.717) is 24.0 Å². The Bertz CT molecular complexity index is 345. The van der Waals surface area contributed by atoms with Crippen LogP contribution in [0.25, 0.3) is 0 Å². The molecule has 0 aliphatic heterocycles. The molecule has 2 rings (SSSR count). The van der Waals surface area contributed by atoms with Gasteiger partial charge in [-0.15, -0.1) is 0 Å². The standard InChI is InChI=1S/C14H23NO3/c1-14(2,3)18-13(17)15-11-5-4-9-7-12(16)8-10(9)6-11/h9-11H,4-8H2,1-3H3,(H,15,17)/t9?,10-,11?/m0/s1. The molecule has 0 heterocycles. The first-order valence-corrected chi connectivity index (χ1v) is 6.85. The van der Waals surface area contributed by atoms with Crippen LogP contribution in [0, 0.1) is 11.8 Å². The fraction of sp³-hybridized carbons (Fsp3) is 0.857. The Morgan fingerprint density at radius 1 is 1.22 bits per heavy atom. The summed E-state index contributed by atoms with van der Waals surface area (Å²) in [5.41, 5.74) is -0.454. The highest BCUT2D eigenvalue weighted by molar-refractivity contribution is 5.81. The molecule has 2 aliphatic rings. The van der Waals surface area contributed by atoms with Gasteiger partial charge in [0.15, 0.2) is 0 Å². The summed E-state index contributed by atoms with van der Waals surface area (Å²) in [5.74, 6) is 1.43. The van der Waals surface area contributed by atoms with Gasteiger partial charge in [0.25, 0.3) is 0 Å². The molecule has 0 spiro atoms. The average Bonchev–Trinajstić information content (AvgIpc) is 2.53. The average molecular weight is 253 g/mol. The minimum Gasteiger partial charge on any atom is -0.444 e. The third kappa shape index (κ3) is 3.47. The number of hydrogen-bond acceptors (Lipinski definition) is 3.